The molecule has 1 N–H and O–H groups in total. The fourth-order valence-electron chi connectivity index (χ4n) is 4.37. The molecule has 3 aromatic heterocycles. The molecule has 0 spiro atoms. The highest BCUT2D eigenvalue weighted by atomic mass is 19.4. The molecule has 0 radical (unpaired) electrons. The smallest absolute Gasteiger partial charge is 0.490 e. The van der Waals surface area contributed by atoms with E-state index in [2.05, 4.69) is 4.98 Å². The zero-order chi connectivity index (χ0) is 28.9. The fraction of sp³-hybridized carbons (Fsp3) is 0.296. The van der Waals surface area contributed by atoms with Crippen molar-refractivity contribution in [1.82, 2.24) is 24.5 Å². The van der Waals surface area contributed by atoms with Crippen molar-refractivity contribution < 1.29 is 37.3 Å². The van der Waals surface area contributed by atoms with Crippen molar-refractivity contribution in [3.63, 3.8) is 0 Å². The lowest BCUT2D eigenvalue weighted by atomic mass is 9.97. The summed E-state index contributed by atoms with van der Waals surface area (Å²) in [6, 6.07) is 15.1. The number of para-hydroxylation sites is 1. The Labute approximate surface area is 227 Å². The van der Waals surface area contributed by atoms with E-state index in [-0.39, 0.29) is 11.8 Å². The van der Waals surface area contributed by atoms with Gasteiger partial charge in [-0.15, -0.1) is 0 Å². The average Bonchev–Trinajstić information content (AvgIpc) is 3.40. The first-order chi connectivity index (χ1) is 19.1. The molecular formula is C27H26F3N5O5. The second kappa shape index (κ2) is 12.0. The molecule has 5 rings (SSSR count). The third kappa shape index (κ3) is 6.30. The number of carboxylic acid groups (broad SMARTS) is 1. The van der Waals surface area contributed by atoms with Gasteiger partial charge in [0, 0.05) is 42.5 Å². The van der Waals surface area contributed by atoms with E-state index in [1.165, 1.54) is 0 Å². The predicted octanol–water partition coefficient (Wildman–Crippen LogP) is 4.46. The van der Waals surface area contributed by atoms with Gasteiger partial charge in [-0.2, -0.15) is 18.3 Å². The van der Waals surface area contributed by atoms with Crippen LogP contribution in [0.5, 0.6) is 11.5 Å². The minimum absolute atomic E-state index is 0.0449. The maximum absolute atomic E-state index is 12.9. The number of carbonyl (C=O) groups excluding carboxylic acids is 1. The number of methoxy groups -OCH3 is 2. The highest BCUT2D eigenvalue weighted by Crippen LogP contribution is 2.38. The first kappa shape index (κ1) is 28.3. The van der Waals surface area contributed by atoms with Gasteiger partial charge in [0.05, 0.1) is 14.2 Å². The molecular weight excluding hydrogens is 531 g/mol. The molecule has 4 aromatic rings. The van der Waals surface area contributed by atoms with E-state index in [1.54, 1.807) is 31.0 Å². The molecule has 40 heavy (non-hydrogen) atoms. The van der Waals surface area contributed by atoms with Crippen LogP contribution in [0.15, 0.2) is 60.9 Å². The van der Waals surface area contributed by atoms with Gasteiger partial charge in [0.2, 0.25) is 0 Å². The third-order valence-corrected chi connectivity index (χ3v) is 6.26. The van der Waals surface area contributed by atoms with Crippen molar-refractivity contribution in [2.75, 3.05) is 27.3 Å². The van der Waals surface area contributed by atoms with Crippen LogP contribution in [0.2, 0.25) is 0 Å². The molecule has 1 atom stereocenters. The standard InChI is InChI=1S/C25H25N5O3.C2HF3O2/c1-32-21-10-5-8-19(23(21)33-2)17-11-12-22-27-24(28-30(22)16-17)18-7-6-14-29(15-18)25(31)20-9-3-4-13-26-20;3-2(4,5)1(6)7/h3-5,8-13,16,18H,6-7,14-15H2,1-2H3;(H,6,7). The van der Waals surface area contributed by atoms with Crippen LogP contribution in [-0.4, -0.2) is 75.0 Å². The molecule has 1 aliphatic heterocycles. The van der Waals surface area contributed by atoms with E-state index in [0.717, 1.165) is 42.0 Å². The molecule has 1 aliphatic rings. The van der Waals surface area contributed by atoms with Crippen LogP contribution in [0.1, 0.15) is 35.1 Å². The van der Waals surface area contributed by atoms with Crippen molar-refractivity contribution in [2.24, 2.45) is 0 Å². The molecule has 13 heteroatoms. The summed E-state index contributed by atoms with van der Waals surface area (Å²) in [7, 11) is 3.26. The topological polar surface area (TPSA) is 119 Å². The van der Waals surface area contributed by atoms with Gasteiger partial charge >= 0.3 is 12.1 Å². The van der Waals surface area contributed by atoms with Crippen LogP contribution >= 0.6 is 0 Å². The zero-order valence-corrected chi connectivity index (χ0v) is 21.6. The molecule has 0 aliphatic carbocycles. The average molecular weight is 558 g/mol. The van der Waals surface area contributed by atoms with E-state index < -0.39 is 12.1 Å². The highest BCUT2D eigenvalue weighted by molar-refractivity contribution is 5.92. The Morgan fingerprint density at radius 2 is 1.82 bits per heavy atom. The van der Waals surface area contributed by atoms with Crippen molar-refractivity contribution in [2.45, 2.75) is 24.9 Å². The molecule has 1 saturated heterocycles. The normalized spacial score (nSPS) is 15.2. The Morgan fingerprint density at radius 3 is 2.48 bits per heavy atom. The number of likely N-dealkylation sites (tertiary alicyclic amines) is 1. The number of ether oxygens (including phenoxy) is 2. The number of nitrogens with zero attached hydrogens (tertiary/aromatic N) is 5. The number of pyridine rings is 2. The van der Waals surface area contributed by atoms with Gasteiger partial charge in [-0.1, -0.05) is 18.2 Å². The molecule has 1 fully saturated rings. The molecule has 4 heterocycles. The number of hydrogen-bond acceptors (Lipinski definition) is 7. The van der Waals surface area contributed by atoms with Gasteiger partial charge in [-0.05, 0) is 43.2 Å². The Balaban J connectivity index is 0.000000470. The Kier molecular flexibility index (Phi) is 8.51. The summed E-state index contributed by atoms with van der Waals surface area (Å²) < 4.78 is 44.6. The fourth-order valence-corrected chi connectivity index (χ4v) is 4.37. The van der Waals surface area contributed by atoms with E-state index >= 15 is 0 Å². The number of benzene rings is 1. The lowest BCUT2D eigenvalue weighted by Gasteiger charge is -2.31. The Morgan fingerprint density at radius 1 is 1.05 bits per heavy atom. The second-order valence-corrected chi connectivity index (χ2v) is 8.84. The molecule has 1 amide bonds. The predicted molar refractivity (Wildman–Crippen MR) is 137 cm³/mol. The summed E-state index contributed by atoms with van der Waals surface area (Å²) in [5, 5.41) is 11.9. The van der Waals surface area contributed by atoms with Gasteiger partial charge in [-0.25, -0.2) is 14.3 Å². The van der Waals surface area contributed by atoms with Crippen molar-refractivity contribution >= 4 is 17.5 Å². The SMILES string of the molecule is COc1cccc(-c2ccc3nc(C4CCCN(C(=O)c5ccccn5)C4)nn3c2)c1OC.O=C(O)C(F)(F)F. The number of amides is 1. The zero-order valence-electron chi connectivity index (χ0n) is 21.6. The molecule has 0 saturated carbocycles. The lowest BCUT2D eigenvalue weighted by Crippen LogP contribution is -2.39. The van der Waals surface area contributed by atoms with Gasteiger partial charge in [-0.3, -0.25) is 9.78 Å². The van der Waals surface area contributed by atoms with Gasteiger partial charge in [0.15, 0.2) is 23.0 Å². The number of carboxylic acids is 1. The number of piperidine rings is 1. The molecule has 10 nitrogen and oxygen atoms in total. The van der Waals surface area contributed by atoms with Gasteiger partial charge in [0.25, 0.3) is 5.91 Å². The number of alkyl halides is 3. The molecule has 210 valence electrons. The first-order valence-corrected chi connectivity index (χ1v) is 12.2. The number of rotatable bonds is 5. The van der Waals surface area contributed by atoms with Gasteiger partial charge < -0.3 is 19.5 Å². The summed E-state index contributed by atoms with van der Waals surface area (Å²) in [6.07, 6.45) is 0.362. The van der Waals surface area contributed by atoms with E-state index in [0.29, 0.717) is 23.7 Å². The molecule has 1 aromatic carbocycles. The number of aromatic nitrogens is 4. The number of carbonyl (C=O) groups is 2. The van der Waals surface area contributed by atoms with Crippen LogP contribution in [0, 0.1) is 0 Å². The number of hydrogen-bond donors (Lipinski definition) is 1. The van der Waals surface area contributed by atoms with Crippen LogP contribution in [0.3, 0.4) is 0 Å². The van der Waals surface area contributed by atoms with E-state index in [1.807, 2.05) is 53.6 Å². The first-order valence-electron chi connectivity index (χ1n) is 12.2. The number of halogens is 3. The summed E-state index contributed by atoms with van der Waals surface area (Å²) >= 11 is 0. The van der Waals surface area contributed by atoms with Crippen molar-refractivity contribution in [1.29, 1.82) is 0 Å². The van der Waals surface area contributed by atoms with Crippen molar-refractivity contribution in [3.05, 3.63) is 72.4 Å². The number of fused-ring (bicyclic) bond motifs is 1. The van der Waals surface area contributed by atoms with E-state index in [4.69, 9.17) is 29.5 Å². The maximum Gasteiger partial charge on any atom is 0.490 e. The minimum atomic E-state index is -5.08. The van der Waals surface area contributed by atoms with Crippen molar-refractivity contribution in [3.8, 4) is 22.6 Å². The largest absolute Gasteiger partial charge is 0.493 e. The number of aliphatic carboxylic acids is 1. The minimum Gasteiger partial charge on any atom is -0.493 e. The van der Waals surface area contributed by atoms with Crippen LogP contribution in [0.4, 0.5) is 13.2 Å². The quantitative estimate of drug-likeness (QED) is 0.382. The summed E-state index contributed by atoms with van der Waals surface area (Å²) in [6.45, 7) is 1.31. The summed E-state index contributed by atoms with van der Waals surface area (Å²) in [5.74, 6) is -0.613. The monoisotopic (exact) mass is 557 g/mol. The summed E-state index contributed by atoms with van der Waals surface area (Å²) in [4.78, 5) is 32.6. The highest BCUT2D eigenvalue weighted by Gasteiger charge is 2.38. The van der Waals surface area contributed by atoms with Crippen LogP contribution < -0.4 is 9.47 Å². The second-order valence-electron chi connectivity index (χ2n) is 8.84. The maximum atomic E-state index is 12.9. The van der Waals surface area contributed by atoms with Crippen LogP contribution in [0.25, 0.3) is 16.8 Å². The lowest BCUT2D eigenvalue weighted by molar-refractivity contribution is -0.192. The Bertz CT molecular complexity index is 1490. The summed E-state index contributed by atoms with van der Waals surface area (Å²) in [5.41, 5.74) is 3.10. The third-order valence-electron chi connectivity index (χ3n) is 6.26. The van der Waals surface area contributed by atoms with Gasteiger partial charge in [0.1, 0.15) is 5.69 Å². The van der Waals surface area contributed by atoms with Crippen LogP contribution in [-0.2, 0) is 4.79 Å². The molecule has 1 unspecified atom stereocenters. The Hall–Kier alpha value is -4.68. The molecule has 0 bridgehead atoms. The van der Waals surface area contributed by atoms with E-state index in [9.17, 15) is 18.0 Å².